The maximum Gasteiger partial charge on any atom is 0.335 e. The Hall–Kier alpha value is -9.26. The number of carboxylic acids is 2. The van der Waals surface area contributed by atoms with Gasteiger partial charge in [0.25, 0.3) is 5.70 Å². The number of rotatable bonds is 10. The summed E-state index contributed by atoms with van der Waals surface area (Å²) in [6, 6.07) is 51.2. The Morgan fingerprint density at radius 1 is 0.576 bits per heavy atom. The minimum absolute atomic E-state index is 0.141. The van der Waals surface area contributed by atoms with Crippen molar-refractivity contribution in [2.75, 3.05) is 0 Å². The molecule has 0 aliphatic heterocycles. The lowest BCUT2D eigenvalue weighted by Crippen LogP contribution is -2.26. The summed E-state index contributed by atoms with van der Waals surface area (Å²) in [4.78, 5) is 38.6. The molecule has 4 heterocycles. The number of nitriles is 1. The molecule has 318 valence electrons. The van der Waals surface area contributed by atoms with E-state index in [-0.39, 0.29) is 35.5 Å². The number of hydrogen-bond acceptors (Lipinski definition) is 5. The average Bonchev–Trinajstić information content (AvgIpc) is 4.05. The zero-order valence-electron chi connectivity index (χ0n) is 35.7. The highest BCUT2D eigenvalue weighted by molar-refractivity contribution is 6.08. The van der Waals surface area contributed by atoms with Gasteiger partial charge in [0.15, 0.2) is 5.82 Å². The van der Waals surface area contributed by atoms with Crippen LogP contribution in [0.1, 0.15) is 43.5 Å². The minimum Gasteiger partial charge on any atom is -0.478 e. The third-order valence-corrected chi connectivity index (χ3v) is 12.1. The van der Waals surface area contributed by atoms with Crippen LogP contribution in [0, 0.1) is 17.9 Å². The van der Waals surface area contributed by atoms with Gasteiger partial charge >= 0.3 is 11.9 Å². The van der Waals surface area contributed by atoms with E-state index in [4.69, 9.17) is 16.5 Å². The summed E-state index contributed by atoms with van der Waals surface area (Å²) < 4.78 is 8.05. The van der Waals surface area contributed by atoms with Crippen molar-refractivity contribution in [1.29, 1.82) is 5.26 Å². The van der Waals surface area contributed by atoms with Crippen LogP contribution in [0.15, 0.2) is 158 Å². The average molecular weight is 863 g/mol. The molecule has 0 fully saturated rings. The van der Waals surface area contributed by atoms with Crippen LogP contribution < -0.4 is 10.7 Å². The summed E-state index contributed by atoms with van der Waals surface area (Å²) in [5.74, 6) is -1.22. The van der Waals surface area contributed by atoms with Crippen molar-refractivity contribution in [1.82, 2.24) is 28.2 Å². The van der Waals surface area contributed by atoms with E-state index < -0.39 is 11.9 Å². The fourth-order valence-corrected chi connectivity index (χ4v) is 9.09. The molecule has 0 spiro atoms. The molecule has 4 aromatic heterocycles. The van der Waals surface area contributed by atoms with Crippen molar-refractivity contribution >= 4 is 56.0 Å². The first-order valence-electron chi connectivity index (χ1n) is 21.1. The number of para-hydroxylation sites is 4. The molecule has 0 saturated carbocycles. The van der Waals surface area contributed by atoms with E-state index in [0.29, 0.717) is 55.5 Å². The smallest absolute Gasteiger partial charge is 0.335 e. The predicted molar refractivity (Wildman–Crippen MR) is 254 cm³/mol. The number of benzene rings is 6. The molecule has 0 bridgehead atoms. The second-order valence-electron chi connectivity index (χ2n) is 16.0. The first-order chi connectivity index (χ1) is 32.2. The van der Waals surface area contributed by atoms with Gasteiger partial charge in [-0.05, 0) is 70.8 Å². The van der Waals surface area contributed by atoms with E-state index in [9.17, 15) is 25.1 Å². The molecule has 12 heteroatoms. The first-order valence-corrected chi connectivity index (χ1v) is 21.1. The monoisotopic (exact) mass is 862 g/mol. The van der Waals surface area contributed by atoms with Crippen molar-refractivity contribution in [3.05, 3.63) is 214 Å². The Bertz CT molecular complexity index is 3540. The van der Waals surface area contributed by atoms with Gasteiger partial charge in [-0.25, -0.2) is 24.4 Å². The lowest BCUT2D eigenvalue weighted by Gasteiger charge is -2.17. The molecule has 0 saturated heterocycles. The summed E-state index contributed by atoms with van der Waals surface area (Å²) in [6.07, 6.45) is 0. The van der Waals surface area contributed by atoms with Crippen LogP contribution in [0.2, 0.25) is 0 Å². The van der Waals surface area contributed by atoms with E-state index in [1.165, 1.54) is 0 Å². The summed E-state index contributed by atoms with van der Waals surface area (Å²) in [5.41, 5.74) is 8.49. The first kappa shape index (κ1) is 40.8. The lowest BCUT2D eigenvalue weighted by molar-refractivity contribution is 0.0686. The Kier molecular flexibility index (Phi) is 10.2. The standard InChI is InChI=1S/C54H38N8O4/c1-56-46(52-58-41-19-11-13-21-43(41)60(52)3)50-45-44(47(35-14-6-4-7-15-35)62(50)32-34-24-28-38(29-25-34)54(65)66)49(39(30-55)51-57-40-18-10-12-20-42(40)59(51)2)61(48(45)36-16-8-5-9-17-36)31-33-22-26-37(27-23-33)53(63)64/h4-29H,31-32H2,2-3H3,(H,63,64)(H,65,66)/b49-39-,50-46+. The van der Waals surface area contributed by atoms with Crippen LogP contribution in [-0.4, -0.2) is 50.4 Å². The maximum atomic E-state index is 12.0. The number of carboxylic acid groups (broad SMARTS) is 2. The number of aromatic carboxylic acids is 2. The van der Waals surface area contributed by atoms with Gasteiger partial charge in [-0.3, -0.25) is 0 Å². The highest BCUT2D eigenvalue weighted by Gasteiger charge is 2.30. The van der Waals surface area contributed by atoms with Crippen LogP contribution in [-0.2, 0) is 27.2 Å². The maximum absolute atomic E-state index is 12.0. The molecule has 66 heavy (non-hydrogen) atoms. The van der Waals surface area contributed by atoms with Crippen LogP contribution in [0.4, 0.5) is 0 Å². The summed E-state index contributed by atoms with van der Waals surface area (Å²) in [7, 11) is 3.78. The zero-order valence-corrected chi connectivity index (χ0v) is 35.7. The number of aromatic nitrogens is 6. The number of nitrogens with zero attached hydrogens (tertiary/aromatic N) is 8. The molecule has 0 aliphatic carbocycles. The summed E-state index contributed by atoms with van der Waals surface area (Å²) in [6.45, 7) is 9.50. The van der Waals surface area contributed by atoms with Crippen LogP contribution in [0.25, 0.3) is 71.5 Å². The van der Waals surface area contributed by atoms with Gasteiger partial charge in [-0.1, -0.05) is 109 Å². The number of carbonyl (C=O) groups is 2. The molecular formula is C54H38N8O4. The van der Waals surface area contributed by atoms with Gasteiger partial charge in [0.1, 0.15) is 17.5 Å². The normalized spacial score (nSPS) is 12.3. The molecule has 0 aliphatic rings. The fraction of sp³-hybridized carbons (Fsp3) is 0.0741. The molecule has 0 atom stereocenters. The Morgan fingerprint density at radius 2 is 0.985 bits per heavy atom. The van der Waals surface area contributed by atoms with Gasteiger partial charge in [-0.15, -0.1) is 0 Å². The quantitative estimate of drug-likeness (QED) is 0.131. The topological polar surface area (TPSA) is 148 Å². The Labute approximate surface area is 377 Å². The number of fused-ring (bicyclic) bond motifs is 3. The van der Waals surface area contributed by atoms with E-state index in [2.05, 4.69) is 20.0 Å². The van der Waals surface area contributed by atoms with Crippen molar-refractivity contribution in [2.24, 2.45) is 14.1 Å². The van der Waals surface area contributed by atoms with Gasteiger partial charge in [-0.2, -0.15) is 5.26 Å². The molecule has 0 unspecified atom stereocenters. The van der Waals surface area contributed by atoms with Gasteiger partial charge < -0.3 is 28.5 Å². The van der Waals surface area contributed by atoms with Gasteiger partial charge in [0.05, 0.1) is 61.9 Å². The number of hydrogen-bond donors (Lipinski definition) is 2. The van der Waals surface area contributed by atoms with Gasteiger partial charge in [0.2, 0.25) is 0 Å². The van der Waals surface area contributed by atoms with Crippen molar-refractivity contribution in [2.45, 2.75) is 13.1 Å². The SMILES string of the molecule is [C-]#[N+]/C(c1nc2ccccc2n1C)=c1\c2c(-c3ccccc3)n(Cc3ccc(C(=O)O)cc3)/c(=C(/C#N)c3nc4ccccc4n3C)c2c(-c2ccccc2)n1Cc1ccc(C(=O)O)cc1. The number of aryl methyl sites for hydroxylation is 2. The van der Waals surface area contributed by atoms with Crippen molar-refractivity contribution in [3.8, 4) is 28.6 Å². The van der Waals surface area contributed by atoms with E-state index in [0.717, 1.165) is 33.3 Å². The Balaban J connectivity index is 1.50. The molecule has 12 nitrogen and oxygen atoms in total. The third kappa shape index (κ3) is 6.78. The fourth-order valence-electron chi connectivity index (χ4n) is 9.09. The molecule has 10 aromatic rings. The molecule has 2 N–H and O–H groups in total. The van der Waals surface area contributed by atoms with Crippen LogP contribution >= 0.6 is 0 Å². The molecule has 0 amide bonds. The van der Waals surface area contributed by atoms with Crippen LogP contribution in [0.3, 0.4) is 0 Å². The molecular weight excluding hydrogens is 825 g/mol. The zero-order chi connectivity index (χ0) is 45.6. The van der Waals surface area contributed by atoms with E-state index in [1.54, 1.807) is 48.5 Å². The molecule has 0 radical (unpaired) electrons. The highest BCUT2D eigenvalue weighted by Crippen LogP contribution is 2.37. The third-order valence-electron chi connectivity index (χ3n) is 12.1. The van der Waals surface area contributed by atoms with Crippen molar-refractivity contribution in [3.63, 3.8) is 0 Å². The Morgan fingerprint density at radius 3 is 1.42 bits per heavy atom. The summed E-state index contributed by atoms with van der Waals surface area (Å²) in [5, 5.41) is 33.8. The minimum atomic E-state index is -1.04. The second kappa shape index (κ2) is 16.5. The second-order valence-corrected chi connectivity index (χ2v) is 16.0. The van der Waals surface area contributed by atoms with Crippen molar-refractivity contribution < 1.29 is 19.8 Å². The van der Waals surface area contributed by atoms with E-state index >= 15 is 0 Å². The molecule has 6 aromatic carbocycles. The largest absolute Gasteiger partial charge is 0.478 e. The lowest BCUT2D eigenvalue weighted by atomic mass is 10.0. The van der Waals surface area contributed by atoms with E-state index in [1.807, 2.05) is 132 Å². The number of imidazole rings is 2. The molecule has 10 rings (SSSR count). The van der Waals surface area contributed by atoms with Gasteiger partial charge in [0, 0.05) is 38.0 Å². The summed E-state index contributed by atoms with van der Waals surface area (Å²) >= 11 is 0. The highest BCUT2D eigenvalue weighted by atomic mass is 16.4. The predicted octanol–water partition coefficient (Wildman–Crippen LogP) is 8.84. The van der Waals surface area contributed by atoms with Crippen LogP contribution in [0.5, 0.6) is 0 Å².